The molecule has 0 saturated carbocycles. The lowest BCUT2D eigenvalue weighted by atomic mass is 10.8. The van der Waals surface area contributed by atoms with Crippen LogP contribution in [0.4, 0.5) is 11.9 Å². The third kappa shape index (κ3) is 3.33. The molecular weight excluding hydrogens is 298 g/mol. The second-order valence-electron chi connectivity index (χ2n) is 2.81. The van der Waals surface area contributed by atoms with Crippen molar-refractivity contribution in [1.82, 2.24) is 29.9 Å². The summed E-state index contributed by atoms with van der Waals surface area (Å²) in [5.74, 6) is 0.690. The summed E-state index contributed by atoms with van der Waals surface area (Å²) in [5, 5.41) is 2.83. The first-order chi connectivity index (χ1) is 8.02. The number of anilines is 2. The van der Waals surface area contributed by atoms with Crippen molar-refractivity contribution in [3.63, 3.8) is 0 Å². The van der Waals surface area contributed by atoms with E-state index in [-0.39, 0.29) is 9.54 Å². The molecule has 0 unspecified atom stereocenters. The van der Waals surface area contributed by atoms with Crippen molar-refractivity contribution in [3.8, 4) is 0 Å². The zero-order valence-corrected chi connectivity index (χ0v) is 11.3. The minimum Gasteiger partial charge on any atom is -0.308 e. The van der Waals surface area contributed by atoms with Crippen molar-refractivity contribution in [3.05, 3.63) is 19.1 Å². The van der Waals surface area contributed by atoms with Crippen LogP contribution in [0, 0.1) is 19.1 Å². The summed E-state index contributed by atoms with van der Waals surface area (Å²) in [7, 11) is 0. The van der Waals surface area contributed by atoms with E-state index in [0.717, 1.165) is 0 Å². The molecule has 2 rings (SSSR count). The Hall–Kier alpha value is -1.30. The van der Waals surface area contributed by atoms with Crippen LogP contribution in [0.2, 0.25) is 0 Å². The van der Waals surface area contributed by atoms with E-state index in [0.29, 0.717) is 21.4 Å². The molecule has 0 bridgehead atoms. The second kappa shape index (κ2) is 4.91. The average molecular weight is 303 g/mol. The molecule has 17 heavy (non-hydrogen) atoms. The number of rotatable bonds is 2. The minimum atomic E-state index is 0.260. The third-order valence-corrected chi connectivity index (χ3v) is 2.36. The topological polar surface area (TPSA) is 101 Å². The molecule has 0 aromatic carbocycles. The lowest BCUT2D eigenvalue weighted by Gasteiger charge is -2.03. The first kappa shape index (κ1) is 12.2. The van der Waals surface area contributed by atoms with E-state index >= 15 is 0 Å². The highest BCUT2D eigenvalue weighted by Gasteiger charge is 1.98. The van der Waals surface area contributed by atoms with Crippen LogP contribution < -0.4 is 5.32 Å². The summed E-state index contributed by atoms with van der Waals surface area (Å²) < 4.78 is 1.23. The van der Waals surface area contributed by atoms with Crippen molar-refractivity contribution in [2.24, 2.45) is 0 Å². The molecule has 5 N–H and O–H groups in total. The van der Waals surface area contributed by atoms with Gasteiger partial charge in [0.1, 0.15) is 0 Å². The number of nitrogens with zero attached hydrogens (tertiary/aromatic N) is 2. The molecular formula is C6H5N7S4. The number of hydrogen-bond donors (Lipinski definition) is 5. The lowest BCUT2D eigenvalue weighted by Crippen LogP contribution is -2.03. The summed E-state index contributed by atoms with van der Waals surface area (Å²) in [5.41, 5.74) is 0. The van der Waals surface area contributed by atoms with Crippen LogP contribution in [0.5, 0.6) is 0 Å². The maximum absolute atomic E-state index is 4.92. The Morgan fingerprint density at radius 2 is 1.12 bits per heavy atom. The smallest absolute Gasteiger partial charge is 0.211 e. The molecule has 2 heterocycles. The summed E-state index contributed by atoms with van der Waals surface area (Å²) in [6.45, 7) is 0. The Kier molecular flexibility index (Phi) is 3.51. The highest BCUT2D eigenvalue weighted by Crippen LogP contribution is 2.04. The minimum absolute atomic E-state index is 0.260. The van der Waals surface area contributed by atoms with E-state index in [4.69, 9.17) is 48.9 Å². The molecule has 0 aliphatic carbocycles. The molecule has 2 aromatic heterocycles. The number of aromatic nitrogens is 6. The maximum Gasteiger partial charge on any atom is 0.211 e. The molecule has 0 saturated heterocycles. The highest BCUT2D eigenvalue weighted by molar-refractivity contribution is 7.72. The van der Waals surface area contributed by atoms with Crippen LogP contribution in [-0.4, -0.2) is 29.9 Å². The number of H-pyrrole nitrogens is 4. The number of aromatic amines is 4. The molecule has 2 aromatic rings. The van der Waals surface area contributed by atoms with E-state index in [2.05, 4.69) is 35.2 Å². The molecule has 88 valence electrons. The van der Waals surface area contributed by atoms with Gasteiger partial charge in [0.2, 0.25) is 21.4 Å². The standard InChI is InChI=1S/C6H5N7S4/c14-3-8-1(9-4(15)12-3)7-2-10-5(16)13-6(17)11-2/h(H5,7,8,9,10,11,12,13,14,15,16,17). The van der Waals surface area contributed by atoms with Crippen molar-refractivity contribution in [1.29, 1.82) is 0 Å². The summed E-state index contributed by atoms with van der Waals surface area (Å²) >= 11 is 19.6. The number of nitrogens with one attached hydrogen (secondary N) is 5. The molecule has 0 atom stereocenters. The van der Waals surface area contributed by atoms with Gasteiger partial charge in [-0.2, -0.15) is 9.97 Å². The summed E-state index contributed by atoms with van der Waals surface area (Å²) in [6.07, 6.45) is 0. The van der Waals surface area contributed by atoms with Crippen LogP contribution in [-0.2, 0) is 0 Å². The largest absolute Gasteiger partial charge is 0.308 e. The Morgan fingerprint density at radius 1 is 0.706 bits per heavy atom. The molecule has 11 heteroatoms. The van der Waals surface area contributed by atoms with Crippen molar-refractivity contribution in [2.75, 3.05) is 5.32 Å². The van der Waals surface area contributed by atoms with Crippen LogP contribution in [0.1, 0.15) is 0 Å². The van der Waals surface area contributed by atoms with Gasteiger partial charge in [-0.05, 0) is 48.9 Å². The predicted molar refractivity (Wildman–Crippen MR) is 72.5 cm³/mol. The van der Waals surface area contributed by atoms with E-state index < -0.39 is 0 Å². The summed E-state index contributed by atoms with van der Waals surface area (Å²) in [4.78, 5) is 18.8. The molecule has 0 aliphatic heterocycles. The van der Waals surface area contributed by atoms with Gasteiger partial charge in [0.15, 0.2) is 9.54 Å². The molecule has 0 radical (unpaired) electrons. The first-order valence-electron chi connectivity index (χ1n) is 4.21. The molecule has 0 aliphatic rings. The monoisotopic (exact) mass is 303 g/mol. The Labute approximate surface area is 115 Å². The van der Waals surface area contributed by atoms with E-state index in [1.807, 2.05) is 0 Å². The molecule has 0 amide bonds. The van der Waals surface area contributed by atoms with E-state index in [9.17, 15) is 0 Å². The lowest BCUT2D eigenvalue weighted by molar-refractivity contribution is 0.973. The van der Waals surface area contributed by atoms with Gasteiger partial charge in [-0.3, -0.25) is 5.32 Å². The van der Waals surface area contributed by atoms with Gasteiger partial charge < -0.3 is 19.9 Å². The predicted octanol–water partition coefficient (Wildman–Crippen LogP) is 2.45. The maximum atomic E-state index is 4.92. The molecule has 7 nitrogen and oxygen atoms in total. The van der Waals surface area contributed by atoms with Gasteiger partial charge in [-0.1, -0.05) is 0 Å². The zero-order chi connectivity index (χ0) is 12.4. The van der Waals surface area contributed by atoms with Crippen LogP contribution in [0.25, 0.3) is 0 Å². The fourth-order valence-corrected chi connectivity index (χ4v) is 1.92. The quantitative estimate of drug-likeness (QED) is 0.543. The highest BCUT2D eigenvalue weighted by atomic mass is 32.1. The van der Waals surface area contributed by atoms with Crippen molar-refractivity contribution >= 4 is 60.8 Å². The van der Waals surface area contributed by atoms with Gasteiger partial charge in [-0.15, -0.1) is 0 Å². The van der Waals surface area contributed by atoms with Gasteiger partial charge >= 0.3 is 0 Å². The Balaban J connectivity index is 2.44. The first-order valence-corrected chi connectivity index (χ1v) is 5.84. The van der Waals surface area contributed by atoms with Gasteiger partial charge in [-0.25, -0.2) is 0 Å². The molecule has 0 fully saturated rings. The van der Waals surface area contributed by atoms with Gasteiger partial charge in [0, 0.05) is 0 Å². The van der Waals surface area contributed by atoms with Gasteiger partial charge in [0.05, 0.1) is 0 Å². The van der Waals surface area contributed by atoms with E-state index in [1.165, 1.54) is 0 Å². The van der Waals surface area contributed by atoms with Crippen molar-refractivity contribution < 1.29 is 0 Å². The van der Waals surface area contributed by atoms with Crippen LogP contribution >= 0.6 is 48.9 Å². The van der Waals surface area contributed by atoms with Gasteiger partial charge in [0.25, 0.3) is 0 Å². The third-order valence-electron chi connectivity index (χ3n) is 1.57. The Bertz CT molecular complexity index is 643. The molecule has 0 spiro atoms. The average Bonchev–Trinajstić information content (AvgIpc) is 2.13. The number of hydrogen-bond acceptors (Lipinski definition) is 7. The van der Waals surface area contributed by atoms with Crippen LogP contribution in [0.3, 0.4) is 0 Å². The fraction of sp³-hybridized carbons (Fsp3) is 0. The second-order valence-corrected chi connectivity index (χ2v) is 4.40. The van der Waals surface area contributed by atoms with E-state index in [1.54, 1.807) is 0 Å². The zero-order valence-electron chi connectivity index (χ0n) is 8.03. The normalized spacial score (nSPS) is 10.1. The summed E-state index contributed by atoms with van der Waals surface area (Å²) in [6, 6.07) is 0. The van der Waals surface area contributed by atoms with Crippen LogP contribution in [0.15, 0.2) is 0 Å². The SMILES string of the molecule is S=c1nc(Nc2nc(=S)[nH]c(=S)[nH]2)[nH]c(=S)[nH]1. The Morgan fingerprint density at radius 3 is 1.47 bits per heavy atom. The fourth-order valence-electron chi connectivity index (χ4n) is 1.02. The van der Waals surface area contributed by atoms with Crippen molar-refractivity contribution in [2.45, 2.75) is 0 Å².